The Morgan fingerprint density at radius 3 is 2.17 bits per heavy atom. The van der Waals surface area contributed by atoms with E-state index in [-0.39, 0.29) is 17.2 Å². The van der Waals surface area contributed by atoms with Crippen molar-refractivity contribution in [2.24, 2.45) is 0 Å². The van der Waals surface area contributed by atoms with Crippen LogP contribution in [0.2, 0.25) is 5.02 Å². The summed E-state index contributed by atoms with van der Waals surface area (Å²) in [6.45, 7) is 1.12. The van der Waals surface area contributed by atoms with Gasteiger partial charge in [-0.25, -0.2) is 8.42 Å². The summed E-state index contributed by atoms with van der Waals surface area (Å²) < 4.78 is 26.9. The topological polar surface area (TPSA) is 95.6 Å². The number of nitrogens with zero attached hydrogens (tertiary/aromatic N) is 1. The van der Waals surface area contributed by atoms with E-state index in [2.05, 4.69) is 10.9 Å². The van der Waals surface area contributed by atoms with Gasteiger partial charge in [0.15, 0.2) is 0 Å². The summed E-state index contributed by atoms with van der Waals surface area (Å²) in [5.41, 5.74) is 5.94. The summed E-state index contributed by atoms with van der Waals surface area (Å²) in [5, 5.41) is 0.519. The fraction of sp³-hybridized carbons (Fsp3) is 0.333. The molecule has 0 saturated carbocycles. The van der Waals surface area contributed by atoms with Crippen molar-refractivity contribution in [1.29, 1.82) is 0 Å². The lowest BCUT2D eigenvalue weighted by Crippen LogP contribution is -2.41. The minimum Gasteiger partial charge on any atom is -0.273 e. The first-order chi connectivity index (χ1) is 14.4. The van der Waals surface area contributed by atoms with Crippen molar-refractivity contribution >= 4 is 33.4 Å². The van der Waals surface area contributed by atoms with E-state index < -0.39 is 15.9 Å². The number of benzene rings is 2. The maximum atomic E-state index is 12.7. The summed E-state index contributed by atoms with van der Waals surface area (Å²) in [5.74, 6) is -0.783. The first-order valence-electron chi connectivity index (χ1n) is 9.80. The van der Waals surface area contributed by atoms with Gasteiger partial charge >= 0.3 is 0 Å². The van der Waals surface area contributed by atoms with Gasteiger partial charge in [0.2, 0.25) is 15.9 Å². The van der Waals surface area contributed by atoms with Gasteiger partial charge in [-0.1, -0.05) is 30.2 Å². The molecule has 1 aliphatic rings. The van der Waals surface area contributed by atoms with Crippen LogP contribution in [0.4, 0.5) is 0 Å². The highest BCUT2D eigenvalue weighted by Crippen LogP contribution is 2.21. The van der Waals surface area contributed by atoms with Gasteiger partial charge in [0.05, 0.1) is 4.90 Å². The van der Waals surface area contributed by atoms with E-state index in [1.165, 1.54) is 4.31 Å². The van der Waals surface area contributed by atoms with Crippen molar-refractivity contribution < 1.29 is 18.0 Å². The Hall–Kier alpha value is -2.42. The molecule has 2 N–H and O–H groups in total. The van der Waals surface area contributed by atoms with Crippen molar-refractivity contribution in [2.45, 2.75) is 37.0 Å². The third-order valence-electron chi connectivity index (χ3n) is 4.94. The van der Waals surface area contributed by atoms with Crippen LogP contribution in [0.15, 0.2) is 53.4 Å². The number of piperidine rings is 1. The van der Waals surface area contributed by atoms with E-state index in [1.54, 1.807) is 48.5 Å². The van der Waals surface area contributed by atoms with Crippen LogP contribution in [0.3, 0.4) is 0 Å². The molecule has 1 fully saturated rings. The highest BCUT2D eigenvalue weighted by atomic mass is 35.5. The van der Waals surface area contributed by atoms with Gasteiger partial charge in [0.25, 0.3) is 5.91 Å². The molecule has 1 aliphatic heterocycles. The largest absolute Gasteiger partial charge is 0.273 e. The van der Waals surface area contributed by atoms with Crippen molar-refractivity contribution in [1.82, 2.24) is 15.2 Å². The third-order valence-corrected chi connectivity index (χ3v) is 7.10. The average molecular weight is 450 g/mol. The molecule has 0 unspecified atom stereocenters. The summed E-state index contributed by atoms with van der Waals surface area (Å²) in [6.07, 6.45) is 3.42. The summed E-state index contributed by atoms with van der Waals surface area (Å²) >= 11 is 5.78. The number of rotatable bonds is 6. The fourth-order valence-corrected chi connectivity index (χ4v) is 4.85. The van der Waals surface area contributed by atoms with Crippen molar-refractivity contribution in [3.05, 3.63) is 64.7 Å². The maximum absolute atomic E-state index is 12.7. The monoisotopic (exact) mass is 449 g/mol. The molecule has 1 heterocycles. The molecule has 160 valence electrons. The van der Waals surface area contributed by atoms with Crippen LogP contribution in [0.25, 0.3) is 0 Å². The average Bonchev–Trinajstić information content (AvgIpc) is 2.77. The van der Waals surface area contributed by atoms with Crippen LogP contribution in [-0.2, 0) is 21.2 Å². The lowest BCUT2D eigenvalue weighted by atomic mass is 10.1. The Bertz CT molecular complexity index is 986. The molecule has 2 amide bonds. The number of hydrazine groups is 1. The van der Waals surface area contributed by atoms with Crippen LogP contribution in [-0.4, -0.2) is 37.6 Å². The van der Waals surface area contributed by atoms with Crippen LogP contribution in [0.5, 0.6) is 0 Å². The number of amides is 2. The molecule has 1 saturated heterocycles. The maximum Gasteiger partial charge on any atom is 0.269 e. The number of aryl methyl sites for hydroxylation is 1. The van der Waals surface area contributed by atoms with E-state index in [1.807, 2.05) is 0 Å². The first kappa shape index (κ1) is 22.3. The molecule has 0 atom stereocenters. The molecule has 2 aromatic rings. The molecular weight excluding hydrogens is 426 g/mol. The predicted molar refractivity (Wildman–Crippen MR) is 114 cm³/mol. The van der Waals surface area contributed by atoms with Gasteiger partial charge in [-0.05, 0) is 61.2 Å². The lowest BCUT2D eigenvalue weighted by molar-refractivity contribution is -0.121. The Morgan fingerprint density at radius 1 is 0.900 bits per heavy atom. The highest BCUT2D eigenvalue weighted by Gasteiger charge is 2.25. The zero-order valence-corrected chi connectivity index (χ0v) is 18.0. The van der Waals surface area contributed by atoms with Crippen LogP contribution in [0, 0.1) is 0 Å². The fourth-order valence-electron chi connectivity index (χ4n) is 3.20. The van der Waals surface area contributed by atoms with Crippen LogP contribution < -0.4 is 10.9 Å². The van der Waals surface area contributed by atoms with Gasteiger partial charge < -0.3 is 0 Å². The summed E-state index contributed by atoms with van der Waals surface area (Å²) in [7, 11) is -3.46. The smallest absolute Gasteiger partial charge is 0.269 e. The van der Waals surface area contributed by atoms with Crippen molar-refractivity contribution in [2.75, 3.05) is 13.1 Å². The molecule has 9 heteroatoms. The summed E-state index contributed by atoms with van der Waals surface area (Å²) in [6, 6.07) is 12.9. The molecule has 0 aromatic heterocycles. The molecular formula is C21H24ClN3O4S. The molecule has 3 rings (SSSR count). The highest BCUT2D eigenvalue weighted by molar-refractivity contribution is 7.89. The Balaban J connectivity index is 1.48. The van der Waals surface area contributed by atoms with E-state index in [0.29, 0.717) is 30.1 Å². The van der Waals surface area contributed by atoms with E-state index in [9.17, 15) is 18.0 Å². The second kappa shape index (κ2) is 10.1. The quantitative estimate of drug-likeness (QED) is 0.663. The number of carbonyl (C=O) groups is 2. The van der Waals surface area contributed by atoms with Gasteiger partial charge in [0, 0.05) is 30.1 Å². The molecule has 2 aromatic carbocycles. The van der Waals surface area contributed by atoms with Gasteiger partial charge in [-0.2, -0.15) is 4.31 Å². The van der Waals surface area contributed by atoms with E-state index in [0.717, 1.165) is 24.8 Å². The molecule has 0 bridgehead atoms. The minimum absolute atomic E-state index is 0.152. The standard InChI is InChI=1S/C21H24ClN3O4S/c22-18-9-7-17(8-10-18)21(27)24-23-20(26)13-6-16-4-11-19(12-5-16)30(28,29)25-14-2-1-3-15-25/h4-5,7-12H,1-3,6,13-15H2,(H,23,26)(H,24,27). The zero-order chi connectivity index (χ0) is 21.6. The normalized spacial score (nSPS) is 14.8. The second-order valence-electron chi connectivity index (χ2n) is 7.12. The number of carbonyl (C=O) groups excluding carboxylic acids is 2. The molecule has 30 heavy (non-hydrogen) atoms. The van der Waals surface area contributed by atoms with Crippen molar-refractivity contribution in [3.8, 4) is 0 Å². The van der Waals surface area contributed by atoms with Crippen molar-refractivity contribution in [3.63, 3.8) is 0 Å². The Kier molecular flexibility index (Phi) is 7.47. The zero-order valence-electron chi connectivity index (χ0n) is 16.4. The lowest BCUT2D eigenvalue weighted by Gasteiger charge is -2.25. The summed E-state index contributed by atoms with van der Waals surface area (Å²) in [4.78, 5) is 24.2. The number of hydrogen-bond donors (Lipinski definition) is 2. The minimum atomic E-state index is -3.46. The number of nitrogens with one attached hydrogen (secondary N) is 2. The molecule has 0 spiro atoms. The Labute approximate surface area is 181 Å². The van der Waals surface area contributed by atoms with Gasteiger partial charge in [-0.3, -0.25) is 20.4 Å². The van der Waals surface area contributed by atoms with Gasteiger partial charge in [0.1, 0.15) is 0 Å². The van der Waals surface area contributed by atoms with Gasteiger partial charge in [-0.15, -0.1) is 0 Å². The third kappa shape index (κ3) is 5.81. The number of sulfonamides is 1. The molecule has 0 aliphatic carbocycles. The van der Waals surface area contributed by atoms with Crippen LogP contribution >= 0.6 is 11.6 Å². The SMILES string of the molecule is O=C(CCc1ccc(S(=O)(=O)N2CCCCC2)cc1)NNC(=O)c1ccc(Cl)cc1. The number of hydrogen-bond acceptors (Lipinski definition) is 4. The predicted octanol–water partition coefficient (Wildman–Crippen LogP) is 2.91. The van der Waals surface area contributed by atoms with E-state index >= 15 is 0 Å². The molecule has 7 nitrogen and oxygen atoms in total. The molecule has 0 radical (unpaired) electrons. The number of halogens is 1. The Morgan fingerprint density at radius 2 is 1.53 bits per heavy atom. The first-order valence-corrected chi connectivity index (χ1v) is 11.6. The second-order valence-corrected chi connectivity index (χ2v) is 9.49. The van der Waals surface area contributed by atoms with Crippen LogP contribution in [0.1, 0.15) is 41.6 Å². The van der Waals surface area contributed by atoms with E-state index in [4.69, 9.17) is 11.6 Å².